The lowest BCUT2D eigenvalue weighted by Crippen LogP contribution is -2.43. The van der Waals surface area contributed by atoms with Gasteiger partial charge in [0, 0.05) is 29.0 Å². The first-order chi connectivity index (χ1) is 20.5. The van der Waals surface area contributed by atoms with Crippen molar-refractivity contribution >= 4 is 15.9 Å². The highest BCUT2D eigenvalue weighted by Crippen LogP contribution is 2.64. The van der Waals surface area contributed by atoms with Crippen LogP contribution in [0.15, 0.2) is 24.3 Å². The molecule has 0 unspecified atom stereocenters. The van der Waals surface area contributed by atoms with Crippen LogP contribution in [0.25, 0.3) is 0 Å². The molecule has 2 bridgehead atoms. The number of phenolic OH excluding ortho intramolecular Hbond substituents is 1. The van der Waals surface area contributed by atoms with Crippen molar-refractivity contribution in [3.05, 3.63) is 57.6 Å². The Labute approximate surface area is 280 Å². The summed E-state index contributed by atoms with van der Waals surface area (Å²) in [5.41, 5.74) is 2.79. The van der Waals surface area contributed by atoms with E-state index in [1.54, 1.807) is 0 Å². The van der Waals surface area contributed by atoms with Gasteiger partial charge in [0.1, 0.15) is 17.3 Å². The minimum Gasteiger partial charge on any atom is -0.507 e. The summed E-state index contributed by atoms with van der Waals surface area (Å²) in [6.45, 7) is 31.6. The molecule has 0 aromatic heterocycles. The Balaban J connectivity index is 1.99. The van der Waals surface area contributed by atoms with Crippen molar-refractivity contribution in [3.8, 4) is 11.5 Å². The van der Waals surface area contributed by atoms with Gasteiger partial charge in [-0.25, -0.2) is 0 Å². The molecule has 5 nitrogen and oxygen atoms in total. The van der Waals surface area contributed by atoms with E-state index < -0.39 is 32.3 Å². The smallest absolute Gasteiger partial charge is 0.310 e. The summed E-state index contributed by atoms with van der Waals surface area (Å²) in [5.74, 6) is 0.0918. The Morgan fingerprint density at radius 1 is 0.804 bits per heavy atom. The second-order valence-electron chi connectivity index (χ2n) is 19.1. The second-order valence-corrected chi connectivity index (χ2v) is 20.6. The zero-order chi connectivity index (χ0) is 35.2. The number of rotatable bonds is 6. The summed E-state index contributed by atoms with van der Waals surface area (Å²) in [4.78, 5) is 13.4. The number of hydrogen-bond acceptors (Lipinski definition) is 5. The van der Waals surface area contributed by atoms with Gasteiger partial charge in [0.05, 0.1) is 11.2 Å². The van der Waals surface area contributed by atoms with Gasteiger partial charge in [-0.1, -0.05) is 128 Å². The van der Waals surface area contributed by atoms with Gasteiger partial charge in [-0.05, 0) is 62.5 Å². The van der Waals surface area contributed by atoms with Gasteiger partial charge < -0.3 is 9.29 Å². The lowest BCUT2D eigenvalue weighted by atomic mass is 9.70. The summed E-state index contributed by atoms with van der Waals surface area (Å²) >= 11 is 0. The van der Waals surface area contributed by atoms with Gasteiger partial charge in [-0.2, -0.15) is 8.42 Å². The molecular formula is C40H60O5S. The summed E-state index contributed by atoms with van der Waals surface area (Å²) in [7, 11) is -4.19. The molecule has 6 heteroatoms. The van der Waals surface area contributed by atoms with Crippen LogP contribution in [0.3, 0.4) is 0 Å². The van der Waals surface area contributed by atoms with Gasteiger partial charge in [0.25, 0.3) is 0 Å². The molecule has 46 heavy (non-hydrogen) atoms. The highest BCUT2D eigenvalue weighted by Gasteiger charge is 2.65. The molecule has 2 fully saturated rings. The van der Waals surface area contributed by atoms with Crippen LogP contribution >= 0.6 is 0 Å². The molecule has 0 amide bonds. The Kier molecular flexibility index (Phi) is 8.81. The minimum absolute atomic E-state index is 0.0484. The first kappa shape index (κ1) is 36.5. The zero-order valence-electron chi connectivity index (χ0n) is 31.3. The number of carbonyl (C=O) groups is 1. The van der Waals surface area contributed by atoms with Crippen molar-refractivity contribution in [3.63, 3.8) is 0 Å². The van der Waals surface area contributed by atoms with Crippen molar-refractivity contribution in [2.75, 3.05) is 5.75 Å². The number of fused-ring (bicyclic) bond motifs is 2. The van der Waals surface area contributed by atoms with Crippen LogP contribution in [0.1, 0.15) is 162 Å². The highest BCUT2D eigenvalue weighted by atomic mass is 32.2. The average molecular weight is 653 g/mol. The van der Waals surface area contributed by atoms with Gasteiger partial charge in [-0.15, -0.1) is 0 Å². The van der Waals surface area contributed by atoms with Crippen molar-refractivity contribution in [1.82, 2.24) is 0 Å². The van der Waals surface area contributed by atoms with E-state index in [0.717, 1.165) is 39.8 Å². The van der Waals surface area contributed by atoms with E-state index in [-0.39, 0.29) is 39.4 Å². The molecule has 1 N–H and O–H groups in total. The number of carbonyl (C=O) groups excluding carboxylic acids is 1. The van der Waals surface area contributed by atoms with Gasteiger partial charge in [0.2, 0.25) is 0 Å². The summed E-state index contributed by atoms with van der Waals surface area (Å²) < 4.78 is 34.8. The fraction of sp³-hybridized carbons (Fsp3) is 0.675. The fourth-order valence-electron chi connectivity index (χ4n) is 7.78. The third-order valence-electron chi connectivity index (χ3n) is 11.3. The average Bonchev–Trinajstić information content (AvgIpc) is 3.19. The molecule has 3 atom stereocenters. The largest absolute Gasteiger partial charge is 0.507 e. The number of hydrogen-bond donors (Lipinski definition) is 1. The maximum atomic E-state index is 14.3. The van der Waals surface area contributed by atoms with Crippen LogP contribution in [0, 0.1) is 16.7 Å². The molecule has 0 spiro atoms. The molecule has 0 heterocycles. The Bertz CT molecular complexity index is 1630. The van der Waals surface area contributed by atoms with Gasteiger partial charge >= 0.3 is 10.1 Å². The van der Waals surface area contributed by atoms with E-state index in [2.05, 4.69) is 121 Å². The number of ketones is 1. The van der Waals surface area contributed by atoms with E-state index in [4.69, 9.17) is 4.18 Å². The molecule has 256 valence electrons. The molecule has 2 saturated carbocycles. The van der Waals surface area contributed by atoms with Crippen LogP contribution in [0.2, 0.25) is 0 Å². The maximum Gasteiger partial charge on any atom is 0.310 e. The number of benzene rings is 2. The van der Waals surface area contributed by atoms with Crippen molar-refractivity contribution in [2.45, 2.75) is 151 Å². The predicted molar refractivity (Wildman–Crippen MR) is 190 cm³/mol. The molecule has 2 aliphatic carbocycles. The standard InChI is InChI=1S/C40H60O5S/c1-24(28-18-26(35(2,3)4)20-30(33(28)42)37(8,9)10)29-19-27(36(5,6)7)21-31(38(11,12)13)34(29)45-46(43,44)23-40-17-16-25(22-32(40)41)39(40,14)15/h18-21,24-25,42H,16-17,22-23H2,1-15H3/t24-,25+,40+/m0/s1. The van der Waals surface area contributed by atoms with E-state index in [1.165, 1.54) is 0 Å². The number of Topliss-reactive ketones (excluding diaryl/α,β-unsaturated/α-hetero) is 1. The number of phenols is 1. The van der Waals surface area contributed by atoms with Crippen molar-refractivity contribution < 1.29 is 22.5 Å². The Morgan fingerprint density at radius 2 is 1.28 bits per heavy atom. The van der Waals surface area contributed by atoms with Crippen LogP contribution in [-0.2, 0) is 36.6 Å². The first-order valence-corrected chi connectivity index (χ1v) is 18.6. The highest BCUT2D eigenvalue weighted by molar-refractivity contribution is 7.87. The summed E-state index contributed by atoms with van der Waals surface area (Å²) in [6.07, 6.45) is 1.88. The second kappa shape index (κ2) is 11.1. The summed E-state index contributed by atoms with van der Waals surface area (Å²) in [6, 6.07) is 8.33. The molecular weight excluding hydrogens is 593 g/mol. The van der Waals surface area contributed by atoms with Crippen LogP contribution in [-0.4, -0.2) is 25.1 Å². The third-order valence-corrected chi connectivity index (χ3v) is 12.6. The maximum absolute atomic E-state index is 14.3. The lowest BCUT2D eigenvalue weighted by Gasteiger charge is -2.36. The van der Waals surface area contributed by atoms with E-state index >= 15 is 0 Å². The van der Waals surface area contributed by atoms with E-state index in [0.29, 0.717) is 18.6 Å². The lowest BCUT2D eigenvalue weighted by molar-refractivity contribution is -0.128. The molecule has 2 aliphatic rings. The van der Waals surface area contributed by atoms with Gasteiger partial charge in [-0.3, -0.25) is 4.79 Å². The fourth-order valence-corrected chi connectivity index (χ4v) is 9.56. The minimum atomic E-state index is -4.19. The molecule has 0 aliphatic heterocycles. The van der Waals surface area contributed by atoms with Crippen LogP contribution in [0.4, 0.5) is 0 Å². The van der Waals surface area contributed by atoms with Gasteiger partial charge in [0.15, 0.2) is 0 Å². The van der Waals surface area contributed by atoms with Crippen molar-refractivity contribution in [1.29, 1.82) is 0 Å². The predicted octanol–water partition coefficient (Wildman–Crippen LogP) is 9.84. The van der Waals surface area contributed by atoms with E-state index in [1.807, 2.05) is 6.92 Å². The normalized spacial score (nSPS) is 22.8. The topological polar surface area (TPSA) is 80.7 Å². The molecule has 0 radical (unpaired) electrons. The Hall–Kier alpha value is -2.34. The monoisotopic (exact) mass is 652 g/mol. The molecule has 2 aromatic rings. The molecule has 0 saturated heterocycles. The molecule has 2 aromatic carbocycles. The quantitative estimate of drug-likeness (QED) is 0.314. The molecule has 4 rings (SSSR count). The first-order valence-electron chi connectivity index (χ1n) is 17.1. The SMILES string of the molecule is C[C@@H](c1cc(C(C)(C)C)cc(C(C)(C)C)c1O)c1cc(C(C)(C)C)cc(C(C)(C)C)c1OS(=O)(=O)C[C@]12CC[C@H](CC1=O)C2(C)C. The van der Waals surface area contributed by atoms with E-state index in [9.17, 15) is 18.3 Å². The third kappa shape index (κ3) is 6.41. The van der Waals surface area contributed by atoms with Crippen molar-refractivity contribution in [2.24, 2.45) is 16.7 Å². The van der Waals surface area contributed by atoms with Crippen LogP contribution < -0.4 is 4.18 Å². The number of aromatic hydroxyl groups is 1. The van der Waals surface area contributed by atoms with Crippen LogP contribution in [0.5, 0.6) is 11.5 Å². The zero-order valence-corrected chi connectivity index (χ0v) is 32.1. The Morgan fingerprint density at radius 3 is 1.70 bits per heavy atom. The summed E-state index contributed by atoms with van der Waals surface area (Å²) in [5, 5.41) is 11.9.